The number of hydrogen-bond donors (Lipinski definition) is 2. The SMILES string of the molecule is CC(N)C(c1cccc(Br)c1)N(C)C(C)CO. The van der Waals surface area contributed by atoms with Gasteiger partial charge in [0.1, 0.15) is 0 Å². The molecule has 17 heavy (non-hydrogen) atoms. The fourth-order valence-electron chi connectivity index (χ4n) is 2.00. The Labute approximate surface area is 112 Å². The molecule has 1 rings (SSSR count). The summed E-state index contributed by atoms with van der Waals surface area (Å²) in [5.74, 6) is 0. The molecule has 0 aliphatic heterocycles. The first-order chi connectivity index (χ1) is 7.97. The molecule has 4 heteroatoms. The number of nitrogens with zero attached hydrogens (tertiary/aromatic N) is 1. The molecule has 0 aromatic heterocycles. The van der Waals surface area contributed by atoms with Crippen molar-refractivity contribution in [3.63, 3.8) is 0 Å². The van der Waals surface area contributed by atoms with Crippen LogP contribution in [0.15, 0.2) is 28.7 Å². The number of nitrogens with two attached hydrogens (primary N) is 1. The maximum Gasteiger partial charge on any atom is 0.0584 e. The third-order valence-electron chi connectivity index (χ3n) is 3.09. The summed E-state index contributed by atoms with van der Waals surface area (Å²) < 4.78 is 1.05. The highest BCUT2D eigenvalue weighted by Gasteiger charge is 2.24. The van der Waals surface area contributed by atoms with Crippen LogP contribution in [0.25, 0.3) is 0 Å². The number of aliphatic hydroxyl groups excluding tert-OH is 1. The van der Waals surface area contributed by atoms with Crippen molar-refractivity contribution in [2.75, 3.05) is 13.7 Å². The van der Waals surface area contributed by atoms with Gasteiger partial charge in [0.05, 0.1) is 6.61 Å². The molecule has 1 aromatic carbocycles. The number of hydrogen-bond acceptors (Lipinski definition) is 3. The van der Waals surface area contributed by atoms with Crippen molar-refractivity contribution in [2.45, 2.75) is 32.0 Å². The first-order valence-electron chi connectivity index (χ1n) is 5.81. The van der Waals surface area contributed by atoms with E-state index < -0.39 is 0 Å². The summed E-state index contributed by atoms with van der Waals surface area (Å²) in [6.07, 6.45) is 0. The Bertz CT molecular complexity index is 357. The van der Waals surface area contributed by atoms with E-state index in [1.165, 1.54) is 0 Å². The van der Waals surface area contributed by atoms with E-state index in [-0.39, 0.29) is 24.7 Å². The first kappa shape index (κ1) is 14.6. The molecule has 0 aliphatic carbocycles. The van der Waals surface area contributed by atoms with Gasteiger partial charge in [-0.2, -0.15) is 0 Å². The van der Waals surface area contributed by atoms with E-state index in [1.807, 2.05) is 33.0 Å². The maximum absolute atomic E-state index is 9.25. The molecule has 3 nitrogen and oxygen atoms in total. The van der Waals surface area contributed by atoms with Crippen molar-refractivity contribution < 1.29 is 5.11 Å². The lowest BCUT2D eigenvalue weighted by Gasteiger charge is -2.35. The van der Waals surface area contributed by atoms with E-state index in [0.717, 1.165) is 10.0 Å². The molecule has 0 aliphatic rings. The van der Waals surface area contributed by atoms with Crippen molar-refractivity contribution in [1.29, 1.82) is 0 Å². The third kappa shape index (κ3) is 3.78. The zero-order valence-electron chi connectivity index (χ0n) is 10.6. The van der Waals surface area contributed by atoms with Crippen LogP contribution >= 0.6 is 15.9 Å². The standard InChI is InChI=1S/C13H21BrN2O/c1-9(8-17)16(3)13(10(2)15)11-5-4-6-12(14)7-11/h4-7,9-10,13,17H,8,15H2,1-3H3. The molecule has 0 fully saturated rings. The average Bonchev–Trinajstić information content (AvgIpc) is 2.27. The molecule has 0 spiro atoms. The molecule has 0 amide bonds. The number of rotatable bonds is 5. The van der Waals surface area contributed by atoms with Crippen LogP contribution in [-0.4, -0.2) is 35.7 Å². The predicted molar refractivity (Wildman–Crippen MR) is 74.8 cm³/mol. The van der Waals surface area contributed by atoms with Crippen LogP contribution in [0.4, 0.5) is 0 Å². The number of likely N-dealkylation sites (N-methyl/N-ethyl adjacent to an activating group) is 1. The quantitative estimate of drug-likeness (QED) is 0.876. The van der Waals surface area contributed by atoms with Gasteiger partial charge in [-0.3, -0.25) is 4.90 Å². The topological polar surface area (TPSA) is 49.5 Å². The van der Waals surface area contributed by atoms with Gasteiger partial charge in [0, 0.05) is 22.6 Å². The zero-order valence-corrected chi connectivity index (χ0v) is 12.2. The summed E-state index contributed by atoms with van der Waals surface area (Å²) in [6, 6.07) is 8.35. The van der Waals surface area contributed by atoms with Gasteiger partial charge in [-0.1, -0.05) is 28.1 Å². The van der Waals surface area contributed by atoms with E-state index in [2.05, 4.69) is 33.0 Å². The van der Waals surface area contributed by atoms with E-state index in [1.54, 1.807) is 0 Å². The molecule has 0 saturated carbocycles. The van der Waals surface area contributed by atoms with Crippen LogP contribution in [0.1, 0.15) is 25.5 Å². The van der Waals surface area contributed by atoms with Gasteiger partial charge >= 0.3 is 0 Å². The van der Waals surface area contributed by atoms with Crippen LogP contribution in [0.3, 0.4) is 0 Å². The molecule has 96 valence electrons. The van der Waals surface area contributed by atoms with Gasteiger partial charge in [-0.25, -0.2) is 0 Å². The Balaban J connectivity index is 3.01. The Morgan fingerprint density at radius 2 is 2.06 bits per heavy atom. The third-order valence-corrected chi connectivity index (χ3v) is 3.58. The lowest BCUT2D eigenvalue weighted by atomic mass is 9.98. The monoisotopic (exact) mass is 300 g/mol. The second-order valence-corrected chi connectivity index (χ2v) is 5.47. The smallest absolute Gasteiger partial charge is 0.0584 e. The molecule has 0 saturated heterocycles. The second-order valence-electron chi connectivity index (χ2n) is 4.56. The molecule has 3 atom stereocenters. The lowest BCUT2D eigenvalue weighted by molar-refractivity contribution is 0.109. The Hall–Kier alpha value is -0.420. The molecule has 3 unspecified atom stereocenters. The highest BCUT2D eigenvalue weighted by molar-refractivity contribution is 9.10. The largest absolute Gasteiger partial charge is 0.395 e. The van der Waals surface area contributed by atoms with Gasteiger partial charge in [0.25, 0.3) is 0 Å². The Kier molecular flexibility index (Phi) is 5.59. The molecule has 3 N–H and O–H groups in total. The summed E-state index contributed by atoms with van der Waals surface area (Å²) in [5.41, 5.74) is 7.24. The number of halogens is 1. The van der Waals surface area contributed by atoms with Gasteiger partial charge in [-0.05, 0) is 38.6 Å². The van der Waals surface area contributed by atoms with Crippen LogP contribution < -0.4 is 5.73 Å². The fourth-order valence-corrected chi connectivity index (χ4v) is 2.42. The zero-order chi connectivity index (χ0) is 13.0. The molecular formula is C13H21BrN2O. The van der Waals surface area contributed by atoms with Gasteiger partial charge in [0.15, 0.2) is 0 Å². The molecule has 0 heterocycles. The lowest BCUT2D eigenvalue weighted by Crippen LogP contribution is -2.43. The van der Waals surface area contributed by atoms with E-state index in [4.69, 9.17) is 5.73 Å². The highest BCUT2D eigenvalue weighted by Crippen LogP contribution is 2.26. The summed E-state index contributed by atoms with van der Waals surface area (Å²) in [6.45, 7) is 4.12. The Morgan fingerprint density at radius 1 is 1.41 bits per heavy atom. The van der Waals surface area contributed by atoms with Crippen LogP contribution in [-0.2, 0) is 0 Å². The minimum atomic E-state index is 0.00306. The predicted octanol–water partition coefficient (Wildman–Crippen LogP) is 2.15. The van der Waals surface area contributed by atoms with Crippen molar-refractivity contribution in [2.24, 2.45) is 5.73 Å². The molecule has 1 aromatic rings. The van der Waals surface area contributed by atoms with Crippen molar-refractivity contribution >= 4 is 15.9 Å². The van der Waals surface area contributed by atoms with Crippen LogP contribution in [0, 0.1) is 0 Å². The highest BCUT2D eigenvalue weighted by atomic mass is 79.9. The van der Waals surface area contributed by atoms with Gasteiger partial charge in [0.2, 0.25) is 0 Å². The fraction of sp³-hybridized carbons (Fsp3) is 0.538. The molecule has 0 bridgehead atoms. The Morgan fingerprint density at radius 3 is 2.53 bits per heavy atom. The summed E-state index contributed by atoms with van der Waals surface area (Å²) in [4.78, 5) is 2.12. The summed E-state index contributed by atoms with van der Waals surface area (Å²) in [7, 11) is 2.00. The number of benzene rings is 1. The molecule has 0 radical (unpaired) electrons. The van der Waals surface area contributed by atoms with E-state index >= 15 is 0 Å². The van der Waals surface area contributed by atoms with Crippen LogP contribution in [0.5, 0.6) is 0 Å². The average molecular weight is 301 g/mol. The van der Waals surface area contributed by atoms with Gasteiger partial charge in [-0.15, -0.1) is 0 Å². The number of aliphatic hydroxyl groups is 1. The maximum atomic E-state index is 9.25. The summed E-state index contributed by atoms with van der Waals surface area (Å²) >= 11 is 3.47. The minimum Gasteiger partial charge on any atom is -0.395 e. The normalized spacial score (nSPS) is 16.9. The van der Waals surface area contributed by atoms with Crippen LogP contribution in [0.2, 0.25) is 0 Å². The molecular weight excluding hydrogens is 280 g/mol. The van der Waals surface area contributed by atoms with E-state index in [9.17, 15) is 5.11 Å². The second kappa shape index (κ2) is 6.50. The van der Waals surface area contributed by atoms with Gasteiger partial charge < -0.3 is 10.8 Å². The summed E-state index contributed by atoms with van der Waals surface area (Å²) in [5, 5.41) is 9.25. The van der Waals surface area contributed by atoms with Crippen molar-refractivity contribution in [3.05, 3.63) is 34.3 Å². The first-order valence-corrected chi connectivity index (χ1v) is 6.60. The van der Waals surface area contributed by atoms with Crippen molar-refractivity contribution in [3.8, 4) is 0 Å². The van der Waals surface area contributed by atoms with Crippen molar-refractivity contribution in [1.82, 2.24) is 4.90 Å². The van der Waals surface area contributed by atoms with E-state index in [0.29, 0.717) is 0 Å². The minimum absolute atomic E-state index is 0.00306.